The number of hydrogen-bond donors (Lipinski definition) is 1. The summed E-state index contributed by atoms with van der Waals surface area (Å²) in [7, 11) is 1.69. The van der Waals surface area contributed by atoms with Crippen LogP contribution in [0.2, 0.25) is 0 Å². The molecule has 0 amide bonds. The molecule has 1 N–H and O–H groups in total. The summed E-state index contributed by atoms with van der Waals surface area (Å²) >= 11 is 0. The lowest BCUT2D eigenvalue weighted by atomic mass is 10.2. The van der Waals surface area contributed by atoms with Crippen LogP contribution < -0.4 is 9.46 Å². The van der Waals surface area contributed by atoms with Gasteiger partial charge in [0, 0.05) is 6.54 Å². The Morgan fingerprint density at radius 1 is 1.30 bits per heavy atom. The summed E-state index contributed by atoms with van der Waals surface area (Å²) in [6.07, 6.45) is 1.58. The molecule has 2 aromatic rings. The van der Waals surface area contributed by atoms with Crippen molar-refractivity contribution < 1.29 is 17.6 Å². The van der Waals surface area contributed by atoms with E-state index < -0.39 is 10.0 Å². The fourth-order valence-corrected chi connectivity index (χ4v) is 3.60. The predicted molar refractivity (Wildman–Crippen MR) is 88.1 cm³/mol. The van der Waals surface area contributed by atoms with Crippen molar-refractivity contribution >= 4 is 10.0 Å². The Labute approximate surface area is 137 Å². The molecule has 0 radical (unpaired) electrons. The third kappa shape index (κ3) is 4.13. The van der Waals surface area contributed by atoms with Crippen molar-refractivity contribution in [2.75, 3.05) is 27.7 Å². The van der Waals surface area contributed by atoms with Gasteiger partial charge in [-0.25, -0.2) is 13.1 Å². The first-order valence-corrected chi connectivity index (χ1v) is 8.67. The number of methoxy groups -OCH3 is 1. The van der Waals surface area contributed by atoms with E-state index in [4.69, 9.17) is 9.15 Å². The Bertz CT molecular complexity index is 739. The lowest BCUT2D eigenvalue weighted by Crippen LogP contribution is -2.34. The summed E-state index contributed by atoms with van der Waals surface area (Å²) in [5, 5.41) is 0. The monoisotopic (exact) mass is 338 g/mol. The molecule has 6 nitrogen and oxygen atoms in total. The molecule has 1 atom stereocenters. The third-order valence-electron chi connectivity index (χ3n) is 3.63. The fourth-order valence-electron chi connectivity index (χ4n) is 2.34. The summed E-state index contributed by atoms with van der Waals surface area (Å²) in [5.41, 5.74) is 0.635. The number of aryl methyl sites for hydroxylation is 1. The van der Waals surface area contributed by atoms with Crippen LogP contribution in [0.1, 0.15) is 17.4 Å². The Kier molecular flexibility index (Phi) is 5.46. The molecule has 1 aromatic carbocycles. The van der Waals surface area contributed by atoms with Crippen molar-refractivity contribution in [1.29, 1.82) is 0 Å². The molecule has 1 unspecified atom stereocenters. The highest BCUT2D eigenvalue weighted by atomic mass is 32.2. The van der Waals surface area contributed by atoms with E-state index in [2.05, 4.69) is 4.72 Å². The summed E-state index contributed by atoms with van der Waals surface area (Å²) in [5.74, 6) is 1.34. The highest BCUT2D eigenvalue weighted by molar-refractivity contribution is 7.89. The number of rotatable bonds is 7. The maximum absolute atomic E-state index is 12.5. The van der Waals surface area contributed by atoms with Gasteiger partial charge in [0.15, 0.2) is 0 Å². The quantitative estimate of drug-likeness (QED) is 0.838. The van der Waals surface area contributed by atoms with E-state index in [-0.39, 0.29) is 17.5 Å². The number of benzene rings is 1. The molecule has 1 heterocycles. The average molecular weight is 338 g/mol. The molecule has 0 spiro atoms. The van der Waals surface area contributed by atoms with Crippen LogP contribution in [-0.4, -0.2) is 41.1 Å². The molecule has 0 aliphatic carbocycles. The van der Waals surface area contributed by atoms with Gasteiger partial charge in [0.25, 0.3) is 0 Å². The summed E-state index contributed by atoms with van der Waals surface area (Å²) in [6, 6.07) is 8.32. The first kappa shape index (κ1) is 17.5. The largest absolute Gasteiger partial charge is 0.497 e. The number of nitrogens with one attached hydrogen (secondary N) is 1. The van der Waals surface area contributed by atoms with Gasteiger partial charge in [-0.3, -0.25) is 4.90 Å². The second-order valence-electron chi connectivity index (χ2n) is 5.48. The first-order chi connectivity index (χ1) is 10.8. The second kappa shape index (κ2) is 7.16. The van der Waals surface area contributed by atoms with Gasteiger partial charge in [-0.1, -0.05) is 0 Å². The van der Waals surface area contributed by atoms with E-state index in [9.17, 15) is 8.42 Å². The molecule has 0 fully saturated rings. The van der Waals surface area contributed by atoms with E-state index in [1.807, 2.05) is 25.1 Å². The van der Waals surface area contributed by atoms with Crippen molar-refractivity contribution in [2.45, 2.75) is 17.9 Å². The molecule has 7 heteroatoms. The zero-order valence-electron chi connectivity index (χ0n) is 13.7. The zero-order valence-corrected chi connectivity index (χ0v) is 14.6. The van der Waals surface area contributed by atoms with E-state index in [1.54, 1.807) is 44.6 Å². The molecule has 0 bridgehead atoms. The van der Waals surface area contributed by atoms with Gasteiger partial charge < -0.3 is 9.15 Å². The van der Waals surface area contributed by atoms with Gasteiger partial charge in [0.1, 0.15) is 11.5 Å². The molecular formula is C16H22N2O4S. The van der Waals surface area contributed by atoms with Crippen molar-refractivity contribution in [2.24, 2.45) is 0 Å². The molecule has 0 aliphatic rings. The Morgan fingerprint density at radius 3 is 2.57 bits per heavy atom. The van der Waals surface area contributed by atoms with Crippen molar-refractivity contribution in [3.63, 3.8) is 0 Å². The molecule has 23 heavy (non-hydrogen) atoms. The van der Waals surface area contributed by atoms with Crippen molar-refractivity contribution in [3.8, 4) is 5.75 Å². The SMILES string of the molecule is COc1ccc(S(=O)(=O)NCC(c2ccco2)N(C)C)c(C)c1. The Hall–Kier alpha value is -1.83. The van der Waals surface area contributed by atoms with Crippen LogP contribution in [0, 0.1) is 6.92 Å². The molecule has 0 saturated heterocycles. The minimum absolute atomic E-state index is 0.182. The minimum atomic E-state index is -3.61. The highest BCUT2D eigenvalue weighted by Gasteiger charge is 2.22. The topological polar surface area (TPSA) is 71.8 Å². The van der Waals surface area contributed by atoms with Crippen molar-refractivity contribution in [3.05, 3.63) is 47.9 Å². The van der Waals surface area contributed by atoms with Gasteiger partial charge in [-0.05, 0) is 56.9 Å². The molecule has 2 rings (SSSR count). The minimum Gasteiger partial charge on any atom is -0.497 e. The summed E-state index contributed by atoms with van der Waals surface area (Å²) in [6.45, 7) is 1.96. The van der Waals surface area contributed by atoms with Crippen molar-refractivity contribution in [1.82, 2.24) is 9.62 Å². The normalized spacial score (nSPS) is 13.3. The average Bonchev–Trinajstić information content (AvgIpc) is 3.00. The summed E-state index contributed by atoms with van der Waals surface area (Å²) < 4.78 is 38.2. The number of ether oxygens (including phenoxy) is 1. The third-order valence-corrected chi connectivity index (χ3v) is 5.22. The van der Waals surface area contributed by atoms with Gasteiger partial charge in [-0.2, -0.15) is 0 Å². The van der Waals surface area contributed by atoms with E-state index in [1.165, 1.54) is 0 Å². The highest BCUT2D eigenvalue weighted by Crippen LogP contribution is 2.22. The van der Waals surface area contributed by atoms with Crippen LogP contribution >= 0.6 is 0 Å². The van der Waals surface area contributed by atoms with Crippen LogP contribution in [-0.2, 0) is 10.0 Å². The number of likely N-dealkylation sites (N-methyl/N-ethyl adjacent to an activating group) is 1. The van der Waals surface area contributed by atoms with Crippen LogP contribution in [0.4, 0.5) is 0 Å². The van der Waals surface area contributed by atoms with Gasteiger partial charge in [0.2, 0.25) is 10.0 Å². The number of hydrogen-bond acceptors (Lipinski definition) is 5. The zero-order chi connectivity index (χ0) is 17.0. The standard InChI is InChI=1S/C16H22N2O4S/c1-12-10-13(21-4)7-8-16(12)23(19,20)17-11-14(18(2)3)15-6-5-9-22-15/h5-10,14,17H,11H2,1-4H3. The fraction of sp³-hybridized carbons (Fsp3) is 0.375. The smallest absolute Gasteiger partial charge is 0.240 e. The van der Waals surface area contributed by atoms with Crippen LogP contribution in [0.5, 0.6) is 5.75 Å². The van der Waals surface area contributed by atoms with Gasteiger partial charge >= 0.3 is 0 Å². The lowest BCUT2D eigenvalue weighted by Gasteiger charge is -2.22. The number of furan rings is 1. The summed E-state index contributed by atoms with van der Waals surface area (Å²) in [4.78, 5) is 2.15. The molecular weight excluding hydrogens is 316 g/mol. The number of nitrogens with zero attached hydrogens (tertiary/aromatic N) is 1. The van der Waals surface area contributed by atoms with E-state index >= 15 is 0 Å². The maximum Gasteiger partial charge on any atom is 0.240 e. The molecule has 1 aromatic heterocycles. The molecule has 126 valence electrons. The number of sulfonamides is 1. The predicted octanol–water partition coefficient (Wildman–Crippen LogP) is 2.18. The Morgan fingerprint density at radius 2 is 2.04 bits per heavy atom. The van der Waals surface area contributed by atoms with Crippen LogP contribution in [0.3, 0.4) is 0 Å². The first-order valence-electron chi connectivity index (χ1n) is 7.19. The van der Waals surface area contributed by atoms with Crippen LogP contribution in [0.25, 0.3) is 0 Å². The molecule has 0 aliphatic heterocycles. The molecule has 0 saturated carbocycles. The van der Waals surface area contributed by atoms with E-state index in [0.717, 1.165) is 0 Å². The lowest BCUT2D eigenvalue weighted by molar-refractivity contribution is 0.259. The van der Waals surface area contributed by atoms with Crippen LogP contribution in [0.15, 0.2) is 45.9 Å². The second-order valence-corrected chi connectivity index (χ2v) is 7.21. The maximum atomic E-state index is 12.5. The Balaban J connectivity index is 2.18. The van der Waals surface area contributed by atoms with E-state index in [0.29, 0.717) is 17.1 Å². The van der Waals surface area contributed by atoms with Gasteiger partial charge in [-0.15, -0.1) is 0 Å². The van der Waals surface area contributed by atoms with Gasteiger partial charge in [0.05, 0.1) is 24.3 Å².